The van der Waals surface area contributed by atoms with Gasteiger partial charge in [0.25, 0.3) is 0 Å². The predicted octanol–water partition coefficient (Wildman–Crippen LogP) is 5.19. The topological polar surface area (TPSA) is 0 Å². The van der Waals surface area contributed by atoms with E-state index in [1.807, 2.05) is 0 Å². The summed E-state index contributed by atoms with van der Waals surface area (Å²) < 4.78 is 75.8. The van der Waals surface area contributed by atoms with Crippen LogP contribution in [0.4, 0.5) is 26.3 Å². The monoisotopic (exact) mass is 291 g/mol. The Labute approximate surface area is 111 Å². The molecule has 20 heavy (non-hydrogen) atoms. The van der Waals surface area contributed by atoms with Gasteiger partial charge in [-0.3, -0.25) is 0 Å². The van der Waals surface area contributed by atoms with Crippen LogP contribution >= 0.6 is 0 Å². The van der Waals surface area contributed by atoms with Crippen LogP contribution in [0, 0.1) is 5.92 Å². The quantitative estimate of drug-likeness (QED) is 0.625. The molecular formula is C14H9F6. The van der Waals surface area contributed by atoms with E-state index in [9.17, 15) is 26.3 Å². The van der Waals surface area contributed by atoms with E-state index in [-0.39, 0.29) is 11.1 Å². The number of benzene rings is 1. The van der Waals surface area contributed by atoms with E-state index >= 15 is 0 Å². The van der Waals surface area contributed by atoms with Gasteiger partial charge in [-0.15, -0.1) is 0 Å². The normalized spacial score (nSPS) is 17.2. The molecule has 0 saturated carbocycles. The molecule has 0 aliphatic heterocycles. The van der Waals surface area contributed by atoms with Crippen molar-refractivity contribution in [2.45, 2.75) is 18.8 Å². The second-order valence-corrected chi connectivity index (χ2v) is 4.24. The van der Waals surface area contributed by atoms with Gasteiger partial charge in [-0.1, -0.05) is 30.4 Å². The highest BCUT2D eigenvalue weighted by molar-refractivity contribution is 5.81. The lowest BCUT2D eigenvalue weighted by atomic mass is 9.87. The van der Waals surface area contributed by atoms with E-state index in [4.69, 9.17) is 0 Å². The van der Waals surface area contributed by atoms with Gasteiger partial charge in [-0.25, -0.2) is 0 Å². The molecular weight excluding hydrogens is 282 g/mol. The number of alkyl halides is 6. The summed E-state index contributed by atoms with van der Waals surface area (Å²) in [4.78, 5) is 0. The minimum absolute atomic E-state index is 0.0891. The molecule has 0 fully saturated rings. The average molecular weight is 291 g/mol. The van der Waals surface area contributed by atoms with E-state index in [2.05, 4.69) is 0 Å². The zero-order valence-electron chi connectivity index (χ0n) is 10.0. The zero-order valence-corrected chi connectivity index (χ0v) is 10.0. The largest absolute Gasteiger partial charge is 0.416 e. The van der Waals surface area contributed by atoms with Crippen LogP contribution in [0.15, 0.2) is 42.5 Å². The lowest BCUT2D eigenvalue weighted by molar-refractivity contribution is -0.137. The lowest BCUT2D eigenvalue weighted by Crippen LogP contribution is -2.21. The number of rotatable bonds is 1. The molecule has 1 aliphatic carbocycles. The SMILES string of the molecule is FC(F)(F)[C]1C=CCC=C1c1ccc(C(F)(F)F)cc1. The summed E-state index contributed by atoms with van der Waals surface area (Å²) in [6.07, 6.45) is -5.06. The molecule has 0 aromatic heterocycles. The van der Waals surface area contributed by atoms with E-state index in [0.717, 1.165) is 30.3 Å². The molecule has 0 bridgehead atoms. The highest BCUT2D eigenvalue weighted by atomic mass is 19.4. The summed E-state index contributed by atoms with van der Waals surface area (Å²) in [5, 5.41) is 0. The van der Waals surface area contributed by atoms with Crippen molar-refractivity contribution in [1.82, 2.24) is 0 Å². The molecule has 0 nitrogen and oxygen atoms in total. The van der Waals surface area contributed by atoms with Crippen molar-refractivity contribution in [2.24, 2.45) is 0 Å². The Morgan fingerprint density at radius 3 is 1.90 bits per heavy atom. The molecule has 0 unspecified atom stereocenters. The highest BCUT2D eigenvalue weighted by Crippen LogP contribution is 2.42. The van der Waals surface area contributed by atoms with Crippen LogP contribution in [0.5, 0.6) is 0 Å². The van der Waals surface area contributed by atoms with Gasteiger partial charge in [-0.2, -0.15) is 26.3 Å². The van der Waals surface area contributed by atoms with Crippen molar-refractivity contribution in [3.05, 3.63) is 59.5 Å². The fourth-order valence-corrected chi connectivity index (χ4v) is 1.93. The highest BCUT2D eigenvalue weighted by Gasteiger charge is 2.42. The van der Waals surface area contributed by atoms with Gasteiger partial charge in [0.2, 0.25) is 0 Å². The van der Waals surface area contributed by atoms with Crippen LogP contribution in [0.2, 0.25) is 0 Å². The summed E-state index contributed by atoms with van der Waals surface area (Å²) in [6, 6.07) is 3.67. The van der Waals surface area contributed by atoms with E-state index in [1.54, 1.807) is 0 Å². The van der Waals surface area contributed by atoms with Crippen molar-refractivity contribution < 1.29 is 26.3 Å². The van der Waals surface area contributed by atoms with Gasteiger partial charge < -0.3 is 0 Å². The predicted molar refractivity (Wildman–Crippen MR) is 62.5 cm³/mol. The number of halogens is 6. The molecule has 1 aliphatic rings. The van der Waals surface area contributed by atoms with Crippen LogP contribution in [0.25, 0.3) is 5.57 Å². The van der Waals surface area contributed by atoms with Crippen LogP contribution < -0.4 is 0 Å². The maximum absolute atomic E-state index is 12.8. The minimum Gasteiger partial charge on any atom is -0.170 e. The van der Waals surface area contributed by atoms with E-state index in [0.29, 0.717) is 6.42 Å². The summed E-state index contributed by atoms with van der Waals surface area (Å²) in [6.45, 7) is 0. The number of hydrogen-bond donors (Lipinski definition) is 0. The van der Waals surface area contributed by atoms with Crippen molar-refractivity contribution in [1.29, 1.82) is 0 Å². The minimum atomic E-state index is -4.54. The summed E-state index contributed by atoms with van der Waals surface area (Å²) >= 11 is 0. The molecule has 1 radical (unpaired) electrons. The van der Waals surface area contributed by atoms with Gasteiger partial charge >= 0.3 is 12.4 Å². The molecule has 0 amide bonds. The smallest absolute Gasteiger partial charge is 0.170 e. The van der Waals surface area contributed by atoms with Crippen molar-refractivity contribution in [3.8, 4) is 0 Å². The first-order chi connectivity index (χ1) is 9.19. The molecule has 0 N–H and O–H groups in total. The second kappa shape index (κ2) is 5.00. The Kier molecular flexibility index (Phi) is 3.67. The van der Waals surface area contributed by atoms with Crippen molar-refractivity contribution in [3.63, 3.8) is 0 Å². The van der Waals surface area contributed by atoms with Crippen LogP contribution in [-0.2, 0) is 6.18 Å². The third-order valence-electron chi connectivity index (χ3n) is 2.86. The first-order valence-corrected chi connectivity index (χ1v) is 5.68. The van der Waals surface area contributed by atoms with Gasteiger partial charge in [-0.05, 0) is 29.7 Å². The number of hydrogen-bond acceptors (Lipinski definition) is 0. The van der Waals surface area contributed by atoms with Gasteiger partial charge in [0.1, 0.15) is 5.92 Å². The van der Waals surface area contributed by atoms with Crippen molar-refractivity contribution >= 4 is 5.57 Å². The Morgan fingerprint density at radius 1 is 0.800 bits per heavy atom. The van der Waals surface area contributed by atoms with E-state index < -0.39 is 23.8 Å². The molecule has 0 atom stereocenters. The van der Waals surface area contributed by atoms with Crippen LogP contribution in [0.3, 0.4) is 0 Å². The zero-order chi connectivity index (χ0) is 15.0. The Morgan fingerprint density at radius 2 is 1.40 bits per heavy atom. The summed E-state index contributed by atoms with van der Waals surface area (Å²) in [5.41, 5.74) is -0.856. The van der Waals surface area contributed by atoms with Gasteiger partial charge in [0.15, 0.2) is 0 Å². The Bertz CT molecular complexity index is 530. The lowest BCUT2D eigenvalue weighted by Gasteiger charge is -2.22. The fourth-order valence-electron chi connectivity index (χ4n) is 1.93. The third-order valence-corrected chi connectivity index (χ3v) is 2.86. The molecule has 0 spiro atoms. The maximum Gasteiger partial charge on any atom is 0.416 e. The van der Waals surface area contributed by atoms with Crippen LogP contribution in [-0.4, -0.2) is 6.18 Å². The first-order valence-electron chi connectivity index (χ1n) is 5.68. The summed E-state index contributed by atoms with van der Waals surface area (Å²) in [7, 11) is 0. The third kappa shape index (κ3) is 3.05. The number of allylic oxidation sites excluding steroid dienone is 4. The molecule has 0 saturated heterocycles. The van der Waals surface area contributed by atoms with E-state index in [1.165, 1.54) is 12.2 Å². The Balaban J connectivity index is 2.33. The van der Waals surface area contributed by atoms with Crippen LogP contribution in [0.1, 0.15) is 17.5 Å². The molecule has 6 heteroatoms. The molecule has 1 aromatic rings. The molecule has 107 valence electrons. The summed E-state index contributed by atoms with van der Waals surface area (Å²) in [5.74, 6) is -0.844. The molecule has 0 heterocycles. The average Bonchev–Trinajstić information content (AvgIpc) is 2.37. The van der Waals surface area contributed by atoms with Gasteiger partial charge in [0.05, 0.1) is 5.56 Å². The fraction of sp³-hybridized carbons (Fsp3) is 0.214. The second-order valence-electron chi connectivity index (χ2n) is 4.24. The Hall–Kier alpha value is -1.72. The van der Waals surface area contributed by atoms with Gasteiger partial charge in [0, 0.05) is 0 Å². The first kappa shape index (κ1) is 14.7. The maximum atomic E-state index is 12.8. The van der Waals surface area contributed by atoms with Crippen molar-refractivity contribution in [2.75, 3.05) is 0 Å². The molecule has 2 rings (SSSR count). The standard InChI is InChI=1S/C14H9F6/c15-13(16,17)10-7-5-9(6-8-10)11-3-1-2-4-12(11)14(18,19)20/h2-8H,1H2. The molecule has 1 aromatic carbocycles.